The molecule has 0 fully saturated rings. The van der Waals surface area contributed by atoms with Gasteiger partial charge in [0.25, 0.3) is 0 Å². The van der Waals surface area contributed by atoms with Crippen molar-refractivity contribution in [3.05, 3.63) is 35.8 Å². The van der Waals surface area contributed by atoms with Crippen LogP contribution in [0.1, 0.15) is 32.0 Å². The molecule has 0 aromatic carbocycles. The summed E-state index contributed by atoms with van der Waals surface area (Å²) in [5.74, 6) is 0. The minimum atomic E-state index is 0.333. The SMILES string of the molecule is Cc1cnc2cc(CC(C)(C)C)ccn12. The number of imidazole rings is 1. The first-order chi connectivity index (χ1) is 6.96. The number of pyridine rings is 1. The Morgan fingerprint density at radius 1 is 1.33 bits per heavy atom. The van der Waals surface area contributed by atoms with Crippen LogP contribution in [-0.4, -0.2) is 9.38 Å². The Morgan fingerprint density at radius 2 is 2.07 bits per heavy atom. The number of hydrogen-bond donors (Lipinski definition) is 0. The lowest BCUT2D eigenvalue weighted by molar-refractivity contribution is 0.411. The molecule has 0 radical (unpaired) electrons. The lowest BCUT2D eigenvalue weighted by Crippen LogP contribution is -2.09. The first kappa shape index (κ1) is 10.2. The third kappa shape index (κ3) is 2.20. The van der Waals surface area contributed by atoms with E-state index in [1.807, 2.05) is 6.20 Å². The number of hydrogen-bond acceptors (Lipinski definition) is 1. The molecule has 0 aliphatic heterocycles. The van der Waals surface area contributed by atoms with Gasteiger partial charge in [0.1, 0.15) is 5.65 Å². The third-order valence-electron chi connectivity index (χ3n) is 2.50. The molecule has 0 N–H and O–H groups in total. The van der Waals surface area contributed by atoms with Crippen molar-refractivity contribution in [3.8, 4) is 0 Å². The van der Waals surface area contributed by atoms with E-state index < -0.39 is 0 Å². The first-order valence-electron chi connectivity index (χ1n) is 5.38. The Morgan fingerprint density at radius 3 is 2.73 bits per heavy atom. The van der Waals surface area contributed by atoms with Gasteiger partial charge in [0, 0.05) is 18.1 Å². The molecule has 0 saturated heterocycles. The molecule has 0 spiro atoms. The molecule has 0 bridgehead atoms. The third-order valence-corrected chi connectivity index (χ3v) is 2.50. The highest BCUT2D eigenvalue weighted by Gasteiger charge is 2.11. The molecule has 2 heterocycles. The second kappa shape index (κ2) is 3.37. The minimum absolute atomic E-state index is 0.333. The van der Waals surface area contributed by atoms with E-state index in [-0.39, 0.29) is 0 Å². The largest absolute Gasteiger partial charge is 0.304 e. The maximum absolute atomic E-state index is 4.37. The predicted molar refractivity (Wildman–Crippen MR) is 63.1 cm³/mol. The number of nitrogens with zero attached hydrogens (tertiary/aromatic N) is 2. The van der Waals surface area contributed by atoms with Crippen molar-refractivity contribution in [1.82, 2.24) is 9.38 Å². The maximum atomic E-state index is 4.37. The molecule has 15 heavy (non-hydrogen) atoms. The Bertz CT molecular complexity index is 475. The minimum Gasteiger partial charge on any atom is -0.304 e. The molecule has 2 heteroatoms. The van der Waals surface area contributed by atoms with Crippen LogP contribution in [-0.2, 0) is 6.42 Å². The molecular weight excluding hydrogens is 184 g/mol. The lowest BCUT2D eigenvalue weighted by atomic mass is 9.88. The number of aromatic nitrogens is 2. The van der Waals surface area contributed by atoms with Crippen molar-refractivity contribution < 1.29 is 0 Å². The topological polar surface area (TPSA) is 17.3 Å². The van der Waals surface area contributed by atoms with Gasteiger partial charge in [0.15, 0.2) is 0 Å². The van der Waals surface area contributed by atoms with Crippen LogP contribution < -0.4 is 0 Å². The fourth-order valence-electron chi connectivity index (χ4n) is 1.87. The highest BCUT2D eigenvalue weighted by molar-refractivity contribution is 5.43. The van der Waals surface area contributed by atoms with Gasteiger partial charge in [0.2, 0.25) is 0 Å². The van der Waals surface area contributed by atoms with Crippen LogP contribution in [0, 0.1) is 12.3 Å². The fourth-order valence-corrected chi connectivity index (χ4v) is 1.87. The number of aryl methyl sites for hydroxylation is 1. The molecule has 2 aromatic heterocycles. The van der Waals surface area contributed by atoms with Gasteiger partial charge in [-0.2, -0.15) is 0 Å². The first-order valence-corrected chi connectivity index (χ1v) is 5.38. The van der Waals surface area contributed by atoms with Crippen LogP contribution in [0.2, 0.25) is 0 Å². The van der Waals surface area contributed by atoms with E-state index in [1.54, 1.807) is 0 Å². The zero-order chi connectivity index (χ0) is 11.1. The second-order valence-corrected chi connectivity index (χ2v) is 5.40. The van der Waals surface area contributed by atoms with Crippen molar-refractivity contribution in [2.75, 3.05) is 0 Å². The van der Waals surface area contributed by atoms with Crippen LogP contribution in [0.15, 0.2) is 24.5 Å². The van der Waals surface area contributed by atoms with Gasteiger partial charge >= 0.3 is 0 Å². The van der Waals surface area contributed by atoms with E-state index in [4.69, 9.17) is 0 Å². The molecule has 0 aliphatic carbocycles. The molecule has 0 aliphatic rings. The van der Waals surface area contributed by atoms with E-state index in [2.05, 4.69) is 55.4 Å². The van der Waals surface area contributed by atoms with E-state index in [0.717, 1.165) is 12.1 Å². The summed E-state index contributed by atoms with van der Waals surface area (Å²) in [5.41, 5.74) is 3.93. The summed E-state index contributed by atoms with van der Waals surface area (Å²) in [6.07, 6.45) is 5.12. The van der Waals surface area contributed by atoms with Crippen LogP contribution >= 0.6 is 0 Å². The zero-order valence-corrected chi connectivity index (χ0v) is 9.91. The molecule has 2 nitrogen and oxygen atoms in total. The van der Waals surface area contributed by atoms with Crippen molar-refractivity contribution in [1.29, 1.82) is 0 Å². The Labute approximate surface area is 91.0 Å². The van der Waals surface area contributed by atoms with Crippen molar-refractivity contribution in [3.63, 3.8) is 0 Å². The highest BCUT2D eigenvalue weighted by atomic mass is 15.0. The van der Waals surface area contributed by atoms with E-state index in [0.29, 0.717) is 5.41 Å². The van der Waals surface area contributed by atoms with Crippen molar-refractivity contribution >= 4 is 5.65 Å². The second-order valence-electron chi connectivity index (χ2n) is 5.40. The lowest BCUT2D eigenvalue weighted by Gasteiger charge is -2.17. The normalized spacial score (nSPS) is 12.3. The average molecular weight is 202 g/mol. The van der Waals surface area contributed by atoms with Crippen LogP contribution in [0.25, 0.3) is 5.65 Å². The summed E-state index contributed by atoms with van der Waals surface area (Å²) in [4.78, 5) is 4.37. The molecular formula is C13H18N2. The smallest absolute Gasteiger partial charge is 0.137 e. The zero-order valence-electron chi connectivity index (χ0n) is 9.91. The number of rotatable bonds is 1. The van der Waals surface area contributed by atoms with Crippen LogP contribution in [0.3, 0.4) is 0 Å². The predicted octanol–water partition coefficient (Wildman–Crippen LogP) is 3.23. The van der Waals surface area contributed by atoms with Crippen molar-refractivity contribution in [2.24, 2.45) is 5.41 Å². The Balaban J connectivity index is 2.39. The van der Waals surface area contributed by atoms with E-state index in [9.17, 15) is 0 Å². The molecule has 0 amide bonds. The molecule has 0 unspecified atom stereocenters. The van der Waals surface area contributed by atoms with Gasteiger partial charge in [-0.3, -0.25) is 0 Å². The molecule has 0 atom stereocenters. The molecule has 80 valence electrons. The average Bonchev–Trinajstić information content (AvgIpc) is 2.45. The molecule has 0 saturated carbocycles. The van der Waals surface area contributed by atoms with E-state index >= 15 is 0 Å². The standard InChI is InChI=1S/C13H18N2/c1-10-9-14-12-7-11(5-6-15(10)12)8-13(2,3)4/h5-7,9H,8H2,1-4H3. The van der Waals surface area contributed by atoms with Crippen LogP contribution in [0.5, 0.6) is 0 Å². The monoisotopic (exact) mass is 202 g/mol. The highest BCUT2D eigenvalue weighted by Crippen LogP contribution is 2.21. The number of fused-ring (bicyclic) bond motifs is 1. The Kier molecular flexibility index (Phi) is 2.29. The summed E-state index contributed by atoms with van der Waals surface area (Å²) in [6, 6.07) is 4.37. The summed E-state index contributed by atoms with van der Waals surface area (Å²) in [7, 11) is 0. The summed E-state index contributed by atoms with van der Waals surface area (Å²) in [6.45, 7) is 8.85. The van der Waals surface area contributed by atoms with Gasteiger partial charge in [-0.05, 0) is 36.5 Å². The maximum Gasteiger partial charge on any atom is 0.137 e. The van der Waals surface area contributed by atoms with Gasteiger partial charge in [-0.15, -0.1) is 0 Å². The quantitative estimate of drug-likeness (QED) is 0.694. The van der Waals surface area contributed by atoms with Gasteiger partial charge in [0.05, 0.1) is 0 Å². The van der Waals surface area contributed by atoms with E-state index in [1.165, 1.54) is 11.3 Å². The molecule has 2 rings (SSSR count). The van der Waals surface area contributed by atoms with Crippen LogP contribution in [0.4, 0.5) is 0 Å². The summed E-state index contributed by atoms with van der Waals surface area (Å²) >= 11 is 0. The van der Waals surface area contributed by atoms with Gasteiger partial charge in [-0.25, -0.2) is 4.98 Å². The van der Waals surface area contributed by atoms with Gasteiger partial charge in [-0.1, -0.05) is 20.8 Å². The fraction of sp³-hybridized carbons (Fsp3) is 0.462. The molecule has 2 aromatic rings. The van der Waals surface area contributed by atoms with Crippen molar-refractivity contribution in [2.45, 2.75) is 34.1 Å². The summed E-state index contributed by atoms with van der Waals surface area (Å²) < 4.78 is 2.12. The Hall–Kier alpha value is -1.31. The van der Waals surface area contributed by atoms with Gasteiger partial charge < -0.3 is 4.40 Å². The summed E-state index contributed by atoms with van der Waals surface area (Å²) in [5, 5.41) is 0.